The first-order valence-corrected chi connectivity index (χ1v) is 13.8. The first-order chi connectivity index (χ1) is 18.8. The lowest BCUT2D eigenvalue weighted by Gasteiger charge is -2.49. The number of ether oxygens (including phenoxy) is 2. The summed E-state index contributed by atoms with van der Waals surface area (Å²) in [5.74, 6) is -2.26. The molecule has 39 heavy (non-hydrogen) atoms. The number of carbonyl (C=O) groups excluding carboxylic acids is 2. The fourth-order valence-corrected chi connectivity index (χ4v) is 6.17. The minimum atomic E-state index is -1.27. The number of nitrogens with two attached hydrogens (primary N) is 1. The molecule has 4 heterocycles. The number of fused-ring (bicyclic) bond motifs is 1. The Hall–Kier alpha value is -3.52. The standard InChI is InChI=1S/C20H23N9O7S3/c1-34-11(35-2)6-28-20(24-26-27-28)37-5-4-9-7-38-17-13(16(31)29(17)14(9)18(32)33)23-15(30)12(25-36-3)10-8-39-19(21)22-10/h4-5,8,11,13,17H,6-7H2,1-3H3,(H2,21,22)(H,23,30)(H,32,33). The van der Waals surface area contributed by atoms with E-state index >= 15 is 0 Å². The summed E-state index contributed by atoms with van der Waals surface area (Å²) in [7, 11) is 4.26. The van der Waals surface area contributed by atoms with Crippen LogP contribution in [-0.2, 0) is 35.2 Å². The van der Waals surface area contributed by atoms with Gasteiger partial charge in [0, 0.05) is 25.4 Å². The number of nitrogens with zero attached hydrogens (tertiary/aromatic N) is 7. The summed E-state index contributed by atoms with van der Waals surface area (Å²) in [6, 6.07) is -0.964. The molecule has 2 atom stereocenters. The maximum absolute atomic E-state index is 13.0. The van der Waals surface area contributed by atoms with Crippen molar-refractivity contribution < 1.29 is 33.8 Å². The minimum Gasteiger partial charge on any atom is -0.477 e. The number of hydrogen-bond donors (Lipinski definition) is 3. The Morgan fingerprint density at radius 1 is 1.38 bits per heavy atom. The number of nitrogen functional groups attached to an aromatic ring is 1. The number of anilines is 1. The lowest BCUT2D eigenvalue weighted by molar-refractivity contribution is -0.150. The Morgan fingerprint density at radius 3 is 2.79 bits per heavy atom. The van der Waals surface area contributed by atoms with Crippen LogP contribution in [0.25, 0.3) is 0 Å². The highest BCUT2D eigenvalue weighted by Crippen LogP contribution is 2.41. The minimum absolute atomic E-state index is 0.156. The first kappa shape index (κ1) is 28.5. The number of β-lactam (4-membered cyclic amide) rings is 1. The largest absolute Gasteiger partial charge is 0.477 e. The summed E-state index contributed by atoms with van der Waals surface area (Å²) in [5.41, 5.74) is 5.93. The Balaban J connectivity index is 1.46. The van der Waals surface area contributed by atoms with Gasteiger partial charge in [0.15, 0.2) is 17.1 Å². The molecule has 2 amide bonds. The van der Waals surface area contributed by atoms with Gasteiger partial charge >= 0.3 is 5.97 Å². The van der Waals surface area contributed by atoms with Gasteiger partial charge in [-0.1, -0.05) is 16.9 Å². The molecule has 1 fully saturated rings. The molecule has 0 bridgehead atoms. The van der Waals surface area contributed by atoms with E-state index in [-0.39, 0.29) is 34.5 Å². The van der Waals surface area contributed by atoms with Crippen LogP contribution in [0.3, 0.4) is 0 Å². The number of oxime groups is 1. The summed E-state index contributed by atoms with van der Waals surface area (Å²) in [6.45, 7) is 0.249. The smallest absolute Gasteiger partial charge is 0.352 e. The van der Waals surface area contributed by atoms with E-state index in [0.717, 1.165) is 28.0 Å². The molecule has 2 aromatic heterocycles. The van der Waals surface area contributed by atoms with E-state index in [4.69, 9.17) is 20.0 Å². The van der Waals surface area contributed by atoms with Crippen LogP contribution in [0.4, 0.5) is 5.13 Å². The van der Waals surface area contributed by atoms with E-state index < -0.39 is 35.5 Å². The maximum atomic E-state index is 13.0. The molecule has 2 aliphatic rings. The molecule has 0 aromatic carbocycles. The molecule has 4 N–H and O–H groups in total. The fourth-order valence-electron chi connectivity index (χ4n) is 3.63. The number of aromatic nitrogens is 5. The van der Waals surface area contributed by atoms with Gasteiger partial charge in [-0.15, -0.1) is 28.2 Å². The Bertz CT molecular complexity index is 1340. The van der Waals surface area contributed by atoms with Crippen molar-refractivity contribution in [2.24, 2.45) is 5.16 Å². The van der Waals surface area contributed by atoms with Gasteiger partial charge in [-0.25, -0.2) is 14.5 Å². The van der Waals surface area contributed by atoms with Crippen LogP contribution < -0.4 is 11.1 Å². The Labute approximate surface area is 233 Å². The summed E-state index contributed by atoms with van der Waals surface area (Å²) in [4.78, 5) is 47.9. The van der Waals surface area contributed by atoms with E-state index in [0.29, 0.717) is 10.7 Å². The molecule has 2 unspecified atom stereocenters. The summed E-state index contributed by atoms with van der Waals surface area (Å²) in [5, 5.41) is 30.9. The zero-order chi connectivity index (χ0) is 28.1. The summed E-state index contributed by atoms with van der Waals surface area (Å²) < 4.78 is 11.8. The van der Waals surface area contributed by atoms with Crippen molar-refractivity contribution >= 4 is 63.5 Å². The molecule has 16 nitrogen and oxygen atoms in total. The third kappa shape index (κ3) is 6.06. The topological polar surface area (TPSA) is 209 Å². The predicted molar refractivity (Wildman–Crippen MR) is 140 cm³/mol. The van der Waals surface area contributed by atoms with Crippen molar-refractivity contribution in [2.75, 3.05) is 32.8 Å². The van der Waals surface area contributed by atoms with Crippen molar-refractivity contribution in [2.45, 2.75) is 29.4 Å². The lowest BCUT2D eigenvalue weighted by Crippen LogP contribution is -2.71. The van der Waals surface area contributed by atoms with Crippen LogP contribution in [0.5, 0.6) is 0 Å². The predicted octanol–water partition coefficient (Wildman–Crippen LogP) is -0.274. The molecule has 0 spiro atoms. The van der Waals surface area contributed by atoms with Crippen molar-refractivity contribution in [3.63, 3.8) is 0 Å². The van der Waals surface area contributed by atoms with Gasteiger partial charge < -0.3 is 30.5 Å². The van der Waals surface area contributed by atoms with E-state index in [1.54, 1.807) is 11.5 Å². The second-order valence-electron chi connectivity index (χ2n) is 7.70. The first-order valence-electron chi connectivity index (χ1n) is 11.0. The van der Waals surface area contributed by atoms with Crippen molar-refractivity contribution in [1.82, 2.24) is 35.4 Å². The van der Waals surface area contributed by atoms with Crippen molar-refractivity contribution in [3.05, 3.63) is 33.8 Å². The number of thioether (sulfide) groups is 2. The fraction of sp³-hybridized carbons (Fsp3) is 0.400. The molecule has 0 aliphatic carbocycles. The van der Waals surface area contributed by atoms with E-state index in [1.165, 1.54) is 43.2 Å². The summed E-state index contributed by atoms with van der Waals surface area (Å²) >= 11 is 3.59. The van der Waals surface area contributed by atoms with E-state index in [1.807, 2.05) is 0 Å². The van der Waals surface area contributed by atoms with Crippen LogP contribution in [0.15, 0.2) is 38.4 Å². The average molecular weight is 598 g/mol. The van der Waals surface area contributed by atoms with Crippen molar-refractivity contribution in [1.29, 1.82) is 0 Å². The van der Waals surface area contributed by atoms with Crippen LogP contribution in [0, 0.1) is 0 Å². The van der Waals surface area contributed by atoms with E-state index in [2.05, 4.69) is 31.0 Å². The van der Waals surface area contributed by atoms with Crippen LogP contribution in [0.2, 0.25) is 0 Å². The molecule has 2 aromatic rings. The number of thiazole rings is 1. The second-order valence-corrected chi connectivity index (χ2v) is 10.6. The molecule has 0 saturated carbocycles. The number of carbonyl (C=O) groups is 3. The van der Waals surface area contributed by atoms with Gasteiger partial charge in [0.2, 0.25) is 5.16 Å². The number of carboxylic acids is 1. The number of hydrogen-bond acceptors (Lipinski definition) is 15. The number of methoxy groups -OCH3 is 2. The highest BCUT2D eigenvalue weighted by atomic mass is 32.2. The molecular formula is C20H23N9O7S3. The maximum Gasteiger partial charge on any atom is 0.352 e. The summed E-state index contributed by atoms with van der Waals surface area (Å²) in [6.07, 6.45) is 1.04. The van der Waals surface area contributed by atoms with E-state index in [9.17, 15) is 19.5 Å². The number of aliphatic carboxylic acids is 1. The van der Waals surface area contributed by atoms with Gasteiger partial charge in [0.05, 0.1) is 6.54 Å². The lowest BCUT2D eigenvalue weighted by atomic mass is 10.0. The number of rotatable bonds is 12. The molecule has 2 aliphatic heterocycles. The van der Waals surface area contributed by atoms with Crippen LogP contribution in [0.1, 0.15) is 5.69 Å². The van der Waals surface area contributed by atoms with Gasteiger partial charge in [0.1, 0.15) is 29.9 Å². The Morgan fingerprint density at radius 2 is 2.15 bits per heavy atom. The Kier molecular flexibility index (Phi) is 9.17. The third-order valence-corrected chi connectivity index (χ3v) is 8.19. The second kappa shape index (κ2) is 12.6. The molecule has 208 valence electrons. The molecule has 19 heteroatoms. The molecule has 0 radical (unpaired) electrons. The van der Waals surface area contributed by atoms with Crippen LogP contribution >= 0.6 is 34.9 Å². The number of tetrazole rings is 1. The third-order valence-electron chi connectivity index (χ3n) is 5.44. The monoisotopic (exact) mass is 597 g/mol. The highest BCUT2D eigenvalue weighted by molar-refractivity contribution is 8.02. The number of amides is 2. The quantitative estimate of drug-likeness (QED) is 0.0945. The molecule has 4 rings (SSSR count). The van der Waals surface area contributed by atoms with Gasteiger partial charge in [-0.05, 0) is 27.5 Å². The van der Waals surface area contributed by atoms with Crippen molar-refractivity contribution in [3.8, 4) is 0 Å². The molecule has 1 saturated heterocycles. The average Bonchev–Trinajstić information content (AvgIpc) is 3.56. The normalized spacial score (nSPS) is 19.4. The van der Waals surface area contributed by atoms with Gasteiger partial charge in [-0.2, -0.15) is 0 Å². The number of allylic oxidation sites excluding steroid dienone is 1. The zero-order valence-electron chi connectivity index (χ0n) is 20.7. The SMILES string of the molecule is CON=C(C(=O)NC1C(=O)N2C(C(=O)O)=C(C=CSc3nnnn3CC(OC)OC)CSC12)c1csc(N)n1. The molecular weight excluding hydrogens is 574 g/mol. The van der Waals surface area contributed by atoms with Gasteiger partial charge in [0.25, 0.3) is 11.8 Å². The number of nitrogens with one attached hydrogen (secondary N) is 1. The highest BCUT2D eigenvalue weighted by Gasteiger charge is 2.54. The number of carboxylic acid groups (broad SMARTS) is 1. The van der Waals surface area contributed by atoms with Gasteiger partial charge in [-0.3, -0.25) is 14.5 Å². The zero-order valence-corrected chi connectivity index (χ0v) is 23.2. The van der Waals surface area contributed by atoms with Crippen LogP contribution in [-0.4, -0.2) is 103 Å².